The summed E-state index contributed by atoms with van der Waals surface area (Å²) in [4.78, 5) is 86.8. The number of fused-ring (bicyclic) bond motifs is 1. The van der Waals surface area contributed by atoms with Crippen LogP contribution < -0.4 is 28.2 Å². The molecular weight excluding hydrogens is 522 g/mol. The smallest absolute Gasteiger partial charge is 0.332 e. The van der Waals surface area contributed by atoms with Crippen LogP contribution in [0.5, 0.6) is 0 Å². The quantitative estimate of drug-likeness (QED) is 0.400. The summed E-state index contributed by atoms with van der Waals surface area (Å²) in [6.45, 7) is 9.51. The number of ketones is 3. The van der Waals surface area contributed by atoms with Crippen LogP contribution in [0, 0.1) is 0 Å². The molecule has 0 aromatic carbocycles. The van der Waals surface area contributed by atoms with Gasteiger partial charge in [0.05, 0.1) is 6.42 Å². The third-order valence-corrected chi connectivity index (χ3v) is 6.02. The fourth-order valence-corrected chi connectivity index (χ4v) is 4.13. The van der Waals surface area contributed by atoms with Crippen LogP contribution in [-0.2, 0) is 53.8 Å². The van der Waals surface area contributed by atoms with Crippen molar-refractivity contribution in [2.45, 2.75) is 60.3 Å². The first-order chi connectivity index (χ1) is 18.3. The van der Waals surface area contributed by atoms with Gasteiger partial charge in [0.2, 0.25) is 0 Å². The van der Waals surface area contributed by atoms with Crippen LogP contribution in [-0.4, -0.2) is 41.9 Å². The van der Waals surface area contributed by atoms with Crippen molar-refractivity contribution in [3.05, 3.63) is 70.1 Å². The summed E-state index contributed by atoms with van der Waals surface area (Å²) in [6.07, 6.45) is 1.32. The number of Topliss-reactive ketones (excluding diaryl/α,β-unsaturated/α-hetero) is 3. The summed E-state index contributed by atoms with van der Waals surface area (Å²) >= 11 is 0. The van der Waals surface area contributed by atoms with Crippen molar-refractivity contribution in [3.8, 4) is 0 Å². The SMILES string of the molecule is CC(=O)C1=C(C)Cc2c(c(=O)n(C)c(=O)n2C)C1C.CC(=O)CC(C)=O.CC=O.Cn1c(N)cc(=O)n(C)c1=O. The Morgan fingerprint density at radius 2 is 1.35 bits per heavy atom. The monoisotopic (exact) mass is 561 g/mol. The molecule has 2 heterocycles. The van der Waals surface area contributed by atoms with Gasteiger partial charge in [0, 0.05) is 63.4 Å². The number of carbonyl (C=O) groups excluding carboxylic acids is 4. The number of nitrogens with zero attached hydrogens (tertiary/aromatic N) is 4. The van der Waals surface area contributed by atoms with E-state index in [0.717, 1.165) is 26.7 Å². The molecule has 0 fully saturated rings. The normalized spacial score (nSPS) is 13.3. The van der Waals surface area contributed by atoms with E-state index in [1.165, 1.54) is 64.0 Å². The highest BCUT2D eigenvalue weighted by atomic mass is 16.2. The number of aromatic nitrogens is 4. The Morgan fingerprint density at radius 1 is 0.900 bits per heavy atom. The van der Waals surface area contributed by atoms with Crippen LogP contribution in [0.3, 0.4) is 0 Å². The molecule has 0 saturated heterocycles. The summed E-state index contributed by atoms with van der Waals surface area (Å²) in [5.41, 5.74) is 6.86. The topological polar surface area (TPSA) is 182 Å². The van der Waals surface area contributed by atoms with E-state index < -0.39 is 5.69 Å². The van der Waals surface area contributed by atoms with Crippen LogP contribution in [0.2, 0.25) is 0 Å². The lowest BCUT2D eigenvalue weighted by atomic mass is 9.80. The molecule has 1 aliphatic carbocycles. The first-order valence-electron chi connectivity index (χ1n) is 12.3. The van der Waals surface area contributed by atoms with E-state index in [1.807, 2.05) is 13.8 Å². The van der Waals surface area contributed by atoms with E-state index in [0.29, 0.717) is 17.6 Å². The predicted octanol–water partition coefficient (Wildman–Crippen LogP) is 0.0750. The van der Waals surface area contributed by atoms with Gasteiger partial charge in [0.1, 0.15) is 23.7 Å². The third-order valence-electron chi connectivity index (χ3n) is 6.02. The number of rotatable bonds is 3. The first kappa shape index (κ1) is 35.6. The van der Waals surface area contributed by atoms with Gasteiger partial charge in [-0.2, -0.15) is 0 Å². The molecule has 0 spiro atoms. The second-order valence-electron chi connectivity index (χ2n) is 9.34. The number of aldehydes is 1. The number of nitrogen functional groups attached to an aromatic ring is 1. The summed E-state index contributed by atoms with van der Waals surface area (Å²) < 4.78 is 4.82. The molecule has 1 atom stereocenters. The van der Waals surface area contributed by atoms with Crippen molar-refractivity contribution in [1.82, 2.24) is 18.3 Å². The largest absolute Gasteiger partial charge is 0.385 e. The molecule has 0 saturated carbocycles. The molecule has 40 heavy (non-hydrogen) atoms. The molecule has 0 bridgehead atoms. The van der Waals surface area contributed by atoms with Gasteiger partial charge in [-0.15, -0.1) is 0 Å². The molecule has 2 aromatic rings. The molecule has 2 aromatic heterocycles. The summed E-state index contributed by atoms with van der Waals surface area (Å²) in [5, 5.41) is 0. The van der Waals surface area contributed by atoms with Crippen LogP contribution in [0.25, 0.3) is 0 Å². The van der Waals surface area contributed by atoms with Crippen LogP contribution in [0.15, 0.2) is 36.4 Å². The van der Waals surface area contributed by atoms with E-state index in [4.69, 9.17) is 10.5 Å². The lowest BCUT2D eigenvalue weighted by molar-refractivity contribution is -0.124. The fourth-order valence-electron chi connectivity index (χ4n) is 4.13. The molecule has 2 N–H and O–H groups in total. The van der Waals surface area contributed by atoms with Crippen molar-refractivity contribution in [2.24, 2.45) is 28.2 Å². The lowest BCUT2D eigenvalue weighted by Crippen LogP contribution is -2.43. The van der Waals surface area contributed by atoms with Gasteiger partial charge in [-0.05, 0) is 34.6 Å². The summed E-state index contributed by atoms with van der Waals surface area (Å²) in [6, 6.07) is 1.21. The maximum atomic E-state index is 12.3. The fraction of sp³-hybridized carbons (Fsp3) is 0.481. The highest BCUT2D eigenvalue weighted by Crippen LogP contribution is 2.33. The lowest BCUT2D eigenvalue weighted by Gasteiger charge is -2.27. The van der Waals surface area contributed by atoms with Gasteiger partial charge in [0.15, 0.2) is 5.78 Å². The average Bonchev–Trinajstić information content (AvgIpc) is 2.83. The zero-order chi connectivity index (χ0) is 31.6. The minimum atomic E-state index is -0.407. The van der Waals surface area contributed by atoms with Crippen molar-refractivity contribution in [1.29, 1.82) is 0 Å². The van der Waals surface area contributed by atoms with Gasteiger partial charge in [-0.25, -0.2) is 9.59 Å². The van der Waals surface area contributed by atoms with E-state index in [2.05, 4.69) is 0 Å². The van der Waals surface area contributed by atoms with E-state index in [-0.39, 0.29) is 52.3 Å². The van der Waals surface area contributed by atoms with Crippen molar-refractivity contribution < 1.29 is 19.2 Å². The number of anilines is 1. The second kappa shape index (κ2) is 15.2. The summed E-state index contributed by atoms with van der Waals surface area (Å²) in [5.74, 6) is -0.212. The minimum absolute atomic E-state index is 0.00782. The molecule has 13 heteroatoms. The highest BCUT2D eigenvalue weighted by Gasteiger charge is 2.30. The van der Waals surface area contributed by atoms with E-state index in [9.17, 15) is 33.6 Å². The van der Waals surface area contributed by atoms with Crippen molar-refractivity contribution in [2.75, 3.05) is 5.73 Å². The second-order valence-corrected chi connectivity index (χ2v) is 9.34. The Kier molecular flexibility index (Phi) is 13.6. The number of nitrogens with two attached hydrogens (primary N) is 1. The maximum absolute atomic E-state index is 12.3. The summed E-state index contributed by atoms with van der Waals surface area (Å²) in [7, 11) is 6.05. The van der Waals surface area contributed by atoms with E-state index in [1.54, 1.807) is 7.05 Å². The number of allylic oxidation sites excluding steroid dienone is 2. The zero-order valence-electron chi connectivity index (χ0n) is 24.8. The molecule has 3 rings (SSSR count). The molecule has 0 radical (unpaired) electrons. The van der Waals surface area contributed by atoms with E-state index >= 15 is 0 Å². The molecule has 1 aliphatic rings. The molecule has 0 aliphatic heterocycles. The highest BCUT2D eigenvalue weighted by molar-refractivity contribution is 5.96. The van der Waals surface area contributed by atoms with Crippen molar-refractivity contribution >= 4 is 29.5 Å². The van der Waals surface area contributed by atoms with Crippen LogP contribution >= 0.6 is 0 Å². The minimum Gasteiger partial charge on any atom is -0.385 e. The molecular formula is C27H39N5O8. The number of hydrogen-bond acceptors (Lipinski definition) is 9. The number of hydrogen-bond donors (Lipinski definition) is 1. The van der Waals surface area contributed by atoms with Gasteiger partial charge in [0.25, 0.3) is 11.1 Å². The standard InChI is InChI=1S/C14H18N2O3.C6H9N3O2.C5H8O2.C2H4O/c1-7-6-10-12(8(2)11(7)9(3)17)13(18)16(5)14(19)15(10)4;1-8-4(7)3-5(10)9(2)6(8)11;1-4(6)3-5(2)7;1-2-3/h8H,6H2,1-5H3;3H,7H2,1-2H3;3H2,1-2H3;2H,1H3. The zero-order valence-corrected chi connectivity index (χ0v) is 24.8. The Balaban J connectivity index is 0.000000611. The van der Waals surface area contributed by atoms with Crippen molar-refractivity contribution in [3.63, 3.8) is 0 Å². The van der Waals surface area contributed by atoms with Gasteiger partial charge < -0.3 is 10.5 Å². The average molecular weight is 562 g/mol. The van der Waals surface area contributed by atoms with Gasteiger partial charge >= 0.3 is 11.4 Å². The molecule has 13 nitrogen and oxygen atoms in total. The third kappa shape index (κ3) is 8.82. The predicted molar refractivity (Wildman–Crippen MR) is 151 cm³/mol. The van der Waals surface area contributed by atoms with Crippen LogP contribution in [0.4, 0.5) is 5.82 Å². The first-order valence-corrected chi connectivity index (χ1v) is 12.3. The van der Waals surface area contributed by atoms with Gasteiger partial charge in [-0.1, -0.05) is 12.5 Å². The Bertz CT molecular complexity index is 1560. The number of carbonyl (C=O) groups is 4. The Labute approximate surface area is 231 Å². The van der Waals surface area contributed by atoms with Crippen LogP contribution in [0.1, 0.15) is 65.1 Å². The molecule has 220 valence electrons. The Morgan fingerprint density at radius 3 is 1.75 bits per heavy atom. The Hall–Kier alpha value is -4.42. The van der Waals surface area contributed by atoms with Gasteiger partial charge in [-0.3, -0.25) is 42.2 Å². The molecule has 1 unspecified atom stereocenters. The molecule has 0 amide bonds. The maximum Gasteiger partial charge on any atom is 0.332 e.